The van der Waals surface area contributed by atoms with E-state index in [9.17, 15) is 5.11 Å². The molecule has 27 heavy (non-hydrogen) atoms. The molecule has 0 bridgehead atoms. The van der Waals surface area contributed by atoms with Crippen molar-refractivity contribution in [2.45, 2.75) is 60.9 Å². The molecule has 0 fully saturated rings. The quantitative estimate of drug-likeness (QED) is 0.531. The summed E-state index contributed by atoms with van der Waals surface area (Å²) in [6, 6.07) is 5.07. The van der Waals surface area contributed by atoms with Gasteiger partial charge in [-0.25, -0.2) is 0 Å². The van der Waals surface area contributed by atoms with E-state index in [2.05, 4.69) is 9.89 Å². The Morgan fingerprint density at radius 2 is 1.85 bits per heavy atom. The first-order valence-corrected chi connectivity index (χ1v) is 10.0. The van der Waals surface area contributed by atoms with Crippen LogP contribution in [0.4, 0.5) is 0 Å². The summed E-state index contributed by atoms with van der Waals surface area (Å²) in [6.07, 6.45) is 6.51. The predicted molar refractivity (Wildman–Crippen MR) is 122 cm³/mol. The first kappa shape index (κ1) is 27.4. The highest BCUT2D eigenvalue weighted by atomic mass is 35.5. The number of hydrogen-bond acceptors (Lipinski definition) is 4. The number of halogens is 1. The van der Waals surface area contributed by atoms with Crippen LogP contribution < -0.4 is 5.73 Å². The van der Waals surface area contributed by atoms with Crippen LogP contribution >= 0.6 is 11.6 Å². The van der Waals surface area contributed by atoms with Gasteiger partial charge in [0.2, 0.25) is 0 Å². The van der Waals surface area contributed by atoms with Crippen LogP contribution in [0.15, 0.2) is 46.7 Å². The Balaban J connectivity index is 0. The summed E-state index contributed by atoms with van der Waals surface area (Å²) in [5, 5.41) is 10.8. The van der Waals surface area contributed by atoms with Gasteiger partial charge in [0.1, 0.15) is 5.75 Å². The minimum Gasteiger partial charge on any atom is -0.508 e. The van der Waals surface area contributed by atoms with Crippen molar-refractivity contribution in [3.63, 3.8) is 0 Å². The average Bonchev–Trinajstić information content (AvgIpc) is 2.65. The molecule has 3 N–H and O–H groups in total. The highest BCUT2D eigenvalue weighted by molar-refractivity contribution is 6.30. The highest BCUT2D eigenvalue weighted by Crippen LogP contribution is 2.35. The number of likely N-dealkylation sites (N-methyl/N-ethyl adjacent to an activating group) is 1. The summed E-state index contributed by atoms with van der Waals surface area (Å²) >= 11 is 5.95. The molecule has 4 nitrogen and oxygen atoms in total. The minimum atomic E-state index is -0.114. The molecular weight excluding hydrogens is 358 g/mol. The van der Waals surface area contributed by atoms with Crippen LogP contribution in [0.5, 0.6) is 5.75 Å². The van der Waals surface area contributed by atoms with E-state index in [1.54, 1.807) is 12.1 Å². The van der Waals surface area contributed by atoms with Gasteiger partial charge in [-0.1, -0.05) is 58.4 Å². The number of allylic oxidation sites excluding steroid dienone is 1. The van der Waals surface area contributed by atoms with Crippen molar-refractivity contribution in [3.8, 4) is 5.75 Å². The molecule has 5 heteroatoms. The van der Waals surface area contributed by atoms with Gasteiger partial charge in [0.05, 0.1) is 6.04 Å². The van der Waals surface area contributed by atoms with Gasteiger partial charge in [0.15, 0.2) is 0 Å². The minimum absolute atomic E-state index is 0.114. The molecule has 0 aliphatic rings. The summed E-state index contributed by atoms with van der Waals surface area (Å²) < 4.78 is 0. The second kappa shape index (κ2) is 16.4. The predicted octanol–water partition coefficient (Wildman–Crippen LogP) is 6.32. The van der Waals surface area contributed by atoms with E-state index in [1.165, 1.54) is 0 Å². The molecule has 1 aromatic rings. The molecule has 0 amide bonds. The van der Waals surface area contributed by atoms with Crippen molar-refractivity contribution < 1.29 is 5.11 Å². The zero-order chi connectivity index (χ0) is 21.4. The molecule has 0 saturated heterocycles. The standard InChI is InChI=1S/C18H26ClN3O.2C2H6/c1-5-9-21-12-13(2)18(22(4)10-8-14(3)20)16-7-6-15(19)11-17(16)23;2*1-2/h6-9,11-12,18,23H,5,10,20H2,1-4H3;2*1-2H3/b13-12+,14-8+,21-9?;;. The van der Waals surface area contributed by atoms with Crippen LogP contribution in [-0.2, 0) is 0 Å². The third kappa shape index (κ3) is 10.8. The summed E-state index contributed by atoms with van der Waals surface area (Å²) in [7, 11) is 1.99. The molecule has 0 radical (unpaired) electrons. The molecule has 1 atom stereocenters. The highest BCUT2D eigenvalue weighted by Gasteiger charge is 2.21. The maximum absolute atomic E-state index is 10.3. The lowest BCUT2D eigenvalue weighted by Gasteiger charge is -2.29. The Morgan fingerprint density at radius 3 is 2.33 bits per heavy atom. The summed E-state index contributed by atoms with van der Waals surface area (Å²) in [6.45, 7) is 14.6. The number of nitrogens with zero attached hydrogens (tertiary/aromatic N) is 2. The van der Waals surface area contributed by atoms with E-state index in [1.807, 2.05) is 80.1 Å². The smallest absolute Gasteiger partial charge is 0.122 e. The maximum atomic E-state index is 10.3. The molecule has 1 aromatic carbocycles. The fraction of sp³-hybridized carbons (Fsp3) is 0.500. The number of phenols is 1. The van der Waals surface area contributed by atoms with Crippen molar-refractivity contribution in [1.29, 1.82) is 0 Å². The van der Waals surface area contributed by atoms with Gasteiger partial charge < -0.3 is 10.8 Å². The SMILES string of the molecule is CC.CC.CCC=N/C=C(\C)C(c1ccc(Cl)cc1O)N(C)C/C=C(\C)N. The van der Waals surface area contributed by atoms with Gasteiger partial charge in [0.25, 0.3) is 0 Å². The van der Waals surface area contributed by atoms with Gasteiger partial charge in [-0.05, 0) is 45.0 Å². The van der Waals surface area contributed by atoms with Crippen LogP contribution in [0.2, 0.25) is 5.02 Å². The molecule has 0 aliphatic carbocycles. The largest absolute Gasteiger partial charge is 0.508 e. The summed E-state index contributed by atoms with van der Waals surface area (Å²) in [4.78, 5) is 6.40. The molecule has 0 aromatic heterocycles. The van der Waals surface area contributed by atoms with Crippen LogP contribution in [-0.4, -0.2) is 29.8 Å². The number of nitrogens with two attached hydrogens (primary N) is 1. The number of hydrogen-bond donors (Lipinski definition) is 2. The number of aromatic hydroxyl groups is 1. The van der Waals surface area contributed by atoms with Crippen molar-refractivity contribution in [1.82, 2.24) is 4.90 Å². The zero-order valence-electron chi connectivity index (χ0n) is 18.3. The van der Waals surface area contributed by atoms with Crippen LogP contribution in [0, 0.1) is 0 Å². The third-order valence-corrected chi connectivity index (χ3v) is 3.66. The molecule has 0 saturated carbocycles. The van der Waals surface area contributed by atoms with Gasteiger partial charge in [0, 0.05) is 35.2 Å². The first-order chi connectivity index (χ1) is 12.9. The number of aliphatic imine (C=N–C) groups is 1. The second-order valence-electron chi connectivity index (χ2n) is 5.61. The fourth-order valence-electron chi connectivity index (χ4n) is 2.32. The molecule has 0 aliphatic heterocycles. The van der Waals surface area contributed by atoms with E-state index < -0.39 is 0 Å². The van der Waals surface area contributed by atoms with E-state index in [0.29, 0.717) is 11.6 Å². The Bertz CT molecular complexity index is 606. The lowest BCUT2D eigenvalue weighted by atomic mass is 9.98. The fourth-order valence-corrected chi connectivity index (χ4v) is 2.48. The zero-order valence-corrected chi connectivity index (χ0v) is 19.0. The molecule has 0 heterocycles. The average molecular weight is 396 g/mol. The second-order valence-corrected chi connectivity index (χ2v) is 6.04. The van der Waals surface area contributed by atoms with Crippen LogP contribution in [0.3, 0.4) is 0 Å². The van der Waals surface area contributed by atoms with Crippen molar-refractivity contribution in [3.05, 3.63) is 52.3 Å². The molecular formula is C22H38ClN3O. The lowest BCUT2D eigenvalue weighted by Crippen LogP contribution is -2.26. The van der Waals surface area contributed by atoms with Gasteiger partial charge >= 0.3 is 0 Å². The van der Waals surface area contributed by atoms with E-state index in [0.717, 1.165) is 23.3 Å². The Morgan fingerprint density at radius 1 is 1.26 bits per heavy atom. The Kier molecular flexibility index (Phi) is 16.7. The van der Waals surface area contributed by atoms with Gasteiger partial charge in [-0.15, -0.1) is 0 Å². The lowest BCUT2D eigenvalue weighted by molar-refractivity contribution is 0.296. The van der Waals surface area contributed by atoms with Crippen molar-refractivity contribution in [2.75, 3.05) is 13.6 Å². The van der Waals surface area contributed by atoms with Gasteiger partial charge in [-0.3, -0.25) is 9.89 Å². The molecule has 154 valence electrons. The van der Waals surface area contributed by atoms with E-state index >= 15 is 0 Å². The first-order valence-electron chi connectivity index (χ1n) is 9.66. The molecule has 1 rings (SSSR count). The topological polar surface area (TPSA) is 61.9 Å². The Labute approximate surface area is 171 Å². The van der Waals surface area contributed by atoms with Crippen LogP contribution in [0.1, 0.15) is 66.5 Å². The monoisotopic (exact) mass is 395 g/mol. The normalized spacial score (nSPS) is 13.0. The third-order valence-electron chi connectivity index (χ3n) is 3.43. The number of rotatable bonds is 7. The summed E-state index contributed by atoms with van der Waals surface area (Å²) in [5.41, 5.74) is 8.32. The van der Waals surface area contributed by atoms with Crippen molar-refractivity contribution >= 4 is 17.8 Å². The van der Waals surface area contributed by atoms with Crippen molar-refractivity contribution in [2.24, 2.45) is 10.7 Å². The maximum Gasteiger partial charge on any atom is 0.122 e. The number of benzene rings is 1. The van der Waals surface area contributed by atoms with E-state index in [-0.39, 0.29) is 11.8 Å². The molecule has 1 unspecified atom stereocenters. The molecule has 0 spiro atoms. The summed E-state index contributed by atoms with van der Waals surface area (Å²) in [5.74, 6) is 0.176. The van der Waals surface area contributed by atoms with Gasteiger partial charge in [-0.2, -0.15) is 0 Å². The Hall–Kier alpha value is -1.78. The number of phenolic OH excluding ortho intramolecular Hbond substituents is 1. The van der Waals surface area contributed by atoms with Crippen LogP contribution in [0.25, 0.3) is 0 Å². The van der Waals surface area contributed by atoms with E-state index in [4.69, 9.17) is 17.3 Å².